The largest absolute Gasteiger partial charge is 0.460 e. The van der Waals surface area contributed by atoms with Crippen molar-refractivity contribution in [1.29, 1.82) is 0 Å². The molecule has 7 nitrogen and oxygen atoms in total. The van der Waals surface area contributed by atoms with Crippen molar-refractivity contribution in [3.8, 4) is 0 Å². The van der Waals surface area contributed by atoms with Crippen molar-refractivity contribution in [2.45, 2.75) is 62.9 Å². The van der Waals surface area contributed by atoms with Gasteiger partial charge in [0.1, 0.15) is 18.3 Å². The van der Waals surface area contributed by atoms with E-state index in [-0.39, 0.29) is 25.5 Å². The summed E-state index contributed by atoms with van der Waals surface area (Å²) < 4.78 is 10.9. The zero-order valence-electron chi connectivity index (χ0n) is 14.2. The fourth-order valence-corrected chi connectivity index (χ4v) is 3.93. The molecule has 4 atom stereocenters. The number of ether oxygens (including phenoxy) is 2. The predicted octanol–water partition coefficient (Wildman–Crippen LogP) is 0.142. The monoisotopic (exact) mass is 339 g/mol. The van der Waals surface area contributed by atoms with Gasteiger partial charge in [0, 0.05) is 18.7 Å². The van der Waals surface area contributed by atoms with Crippen LogP contribution in [0.25, 0.3) is 0 Å². The first-order valence-corrected chi connectivity index (χ1v) is 8.49. The zero-order chi connectivity index (χ0) is 17.5. The normalized spacial score (nSPS) is 42.9. The van der Waals surface area contributed by atoms with Crippen LogP contribution in [0.1, 0.15) is 39.5 Å². The van der Waals surface area contributed by atoms with Crippen molar-refractivity contribution in [2.24, 2.45) is 0 Å². The Morgan fingerprint density at radius 3 is 2.71 bits per heavy atom. The Bertz CT molecular complexity index is 571. The van der Waals surface area contributed by atoms with Crippen molar-refractivity contribution < 1.29 is 29.3 Å². The molecule has 0 aromatic rings. The lowest BCUT2D eigenvalue weighted by Gasteiger charge is -2.34. The van der Waals surface area contributed by atoms with Gasteiger partial charge in [0.2, 0.25) is 0 Å². The maximum absolute atomic E-state index is 12.4. The molecule has 0 radical (unpaired) electrons. The van der Waals surface area contributed by atoms with Gasteiger partial charge in [-0.1, -0.05) is 6.08 Å². The van der Waals surface area contributed by atoms with Gasteiger partial charge in [-0.05, 0) is 39.5 Å². The lowest BCUT2D eigenvalue weighted by Crippen LogP contribution is -2.53. The maximum Gasteiger partial charge on any atom is 0.337 e. The number of hydrogen-bond donors (Lipinski definition) is 2. The maximum atomic E-state index is 12.4. The van der Waals surface area contributed by atoms with E-state index in [9.17, 15) is 19.8 Å². The summed E-state index contributed by atoms with van der Waals surface area (Å²) in [6.45, 7) is 4.29. The summed E-state index contributed by atoms with van der Waals surface area (Å²) >= 11 is 0. The van der Waals surface area contributed by atoms with E-state index in [4.69, 9.17) is 9.47 Å². The highest BCUT2D eigenvalue weighted by atomic mass is 16.6. The van der Waals surface area contributed by atoms with Crippen LogP contribution in [0, 0.1) is 0 Å². The minimum absolute atomic E-state index is 0.0548. The Morgan fingerprint density at radius 2 is 2.00 bits per heavy atom. The van der Waals surface area contributed by atoms with Crippen LogP contribution in [-0.4, -0.2) is 70.1 Å². The highest BCUT2D eigenvalue weighted by Crippen LogP contribution is 2.39. The summed E-state index contributed by atoms with van der Waals surface area (Å²) in [6, 6.07) is -0.378. The Hall–Kier alpha value is -1.44. The van der Waals surface area contributed by atoms with E-state index in [2.05, 4.69) is 4.90 Å². The second kappa shape index (κ2) is 6.13. The Kier molecular flexibility index (Phi) is 4.44. The first kappa shape index (κ1) is 17.4. The molecule has 3 rings (SSSR count). The molecule has 3 saturated heterocycles. The van der Waals surface area contributed by atoms with Gasteiger partial charge in [0.05, 0.1) is 6.04 Å². The van der Waals surface area contributed by atoms with Crippen molar-refractivity contribution >= 4 is 11.9 Å². The van der Waals surface area contributed by atoms with Crippen LogP contribution in [0.4, 0.5) is 0 Å². The second-order valence-corrected chi connectivity index (χ2v) is 7.23. The van der Waals surface area contributed by atoms with Gasteiger partial charge in [-0.15, -0.1) is 0 Å². The third-order valence-electron chi connectivity index (χ3n) is 5.47. The lowest BCUT2D eigenvalue weighted by atomic mass is 9.91. The van der Waals surface area contributed by atoms with E-state index in [1.165, 1.54) is 6.92 Å². The number of nitrogens with zero attached hydrogens (tertiary/aromatic N) is 1. The number of carbonyl (C=O) groups is 2. The Balaban J connectivity index is 1.91. The SMILES string of the molecule is CC=C1CCC(C)(O)C(=O)OCC2(O)CCN3CCC(OC1=O)C32. The molecule has 0 spiro atoms. The highest BCUT2D eigenvalue weighted by Gasteiger charge is 2.55. The topological polar surface area (TPSA) is 96.3 Å². The summed E-state index contributed by atoms with van der Waals surface area (Å²) in [6.07, 6.45) is 2.60. The molecule has 0 saturated carbocycles. The molecular weight excluding hydrogens is 314 g/mol. The van der Waals surface area contributed by atoms with E-state index in [1.807, 2.05) is 0 Å². The minimum atomic E-state index is -1.71. The predicted molar refractivity (Wildman–Crippen MR) is 84.0 cm³/mol. The van der Waals surface area contributed by atoms with Crippen molar-refractivity contribution in [2.75, 3.05) is 19.7 Å². The number of rotatable bonds is 0. The molecule has 3 heterocycles. The average molecular weight is 339 g/mol. The quantitative estimate of drug-likeness (QED) is 0.479. The van der Waals surface area contributed by atoms with Gasteiger partial charge in [-0.25, -0.2) is 9.59 Å². The molecule has 3 fully saturated rings. The molecule has 0 bridgehead atoms. The van der Waals surface area contributed by atoms with Crippen LogP contribution in [0.2, 0.25) is 0 Å². The fourth-order valence-electron chi connectivity index (χ4n) is 3.93. The molecule has 0 aromatic heterocycles. The molecule has 2 N–H and O–H groups in total. The average Bonchev–Trinajstić information content (AvgIpc) is 3.07. The van der Waals surface area contributed by atoms with E-state index < -0.39 is 29.2 Å². The summed E-state index contributed by atoms with van der Waals surface area (Å²) in [4.78, 5) is 26.7. The molecule has 0 aliphatic carbocycles. The number of esters is 2. The van der Waals surface area contributed by atoms with E-state index in [0.29, 0.717) is 25.0 Å². The highest BCUT2D eigenvalue weighted by molar-refractivity contribution is 5.89. The van der Waals surface area contributed by atoms with Crippen LogP contribution < -0.4 is 0 Å². The van der Waals surface area contributed by atoms with Gasteiger partial charge < -0.3 is 19.7 Å². The van der Waals surface area contributed by atoms with Crippen LogP contribution in [0.15, 0.2) is 11.6 Å². The first-order chi connectivity index (χ1) is 11.3. The fraction of sp³-hybridized carbons (Fsp3) is 0.765. The molecule has 24 heavy (non-hydrogen) atoms. The summed E-state index contributed by atoms with van der Waals surface area (Å²) in [5.74, 6) is -1.21. The minimum Gasteiger partial charge on any atom is -0.460 e. The van der Waals surface area contributed by atoms with Gasteiger partial charge in [-0.2, -0.15) is 0 Å². The smallest absolute Gasteiger partial charge is 0.337 e. The standard InChI is InChI=1S/C17H25NO6/c1-3-11-4-6-16(2,21)15(20)23-10-17(22)7-9-18-8-5-12(13(17)18)24-14(11)19/h3,12-13,21-22H,4-10H2,1-2H3. The Morgan fingerprint density at radius 1 is 1.25 bits per heavy atom. The molecule has 0 aromatic carbocycles. The number of hydrogen-bond acceptors (Lipinski definition) is 7. The number of aliphatic hydroxyl groups is 2. The van der Waals surface area contributed by atoms with Gasteiger partial charge in [-0.3, -0.25) is 4.90 Å². The van der Waals surface area contributed by atoms with Crippen LogP contribution in [0.3, 0.4) is 0 Å². The van der Waals surface area contributed by atoms with Crippen LogP contribution in [-0.2, 0) is 19.1 Å². The summed E-state index contributed by atoms with van der Waals surface area (Å²) in [5.41, 5.74) is -2.55. The van der Waals surface area contributed by atoms with Crippen LogP contribution >= 0.6 is 0 Å². The van der Waals surface area contributed by atoms with E-state index >= 15 is 0 Å². The molecular formula is C17H25NO6. The molecule has 4 unspecified atom stereocenters. The Labute approximate surface area is 141 Å². The van der Waals surface area contributed by atoms with Crippen LogP contribution in [0.5, 0.6) is 0 Å². The third kappa shape index (κ3) is 2.96. The summed E-state index contributed by atoms with van der Waals surface area (Å²) in [5, 5.41) is 21.3. The molecule has 3 aliphatic heterocycles. The van der Waals surface area contributed by atoms with E-state index in [0.717, 1.165) is 6.54 Å². The zero-order valence-corrected chi connectivity index (χ0v) is 14.2. The molecule has 134 valence electrons. The van der Waals surface area contributed by atoms with Crippen molar-refractivity contribution in [1.82, 2.24) is 4.90 Å². The molecule has 7 heteroatoms. The number of allylic oxidation sites excluding steroid dienone is 1. The van der Waals surface area contributed by atoms with E-state index in [1.54, 1.807) is 13.0 Å². The first-order valence-electron chi connectivity index (χ1n) is 8.49. The van der Waals surface area contributed by atoms with Crippen molar-refractivity contribution in [3.05, 3.63) is 11.6 Å². The second-order valence-electron chi connectivity index (χ2n) is 7.23. The lowest BCUT2D eigenvalue weighted by molar-refractivity contribution is -0.176. The third-order valence-corrected chi connectivity index (χ3v) is 5.47. The number of cyclic esters (lactones) is 1. The van der Waals surface area contributed by atoms with Crippen molar-refractivity contribution in [3.63, 3.8) is 0 Å². The molecule has 0 amide bonds. The van der Waals surface area contributed by atoms with Gasteiger partial charge in [0.15, 0.2) is 5.60 Å². The van der Waals surface area contributed by atoms with Gasteiger partial charge >= 0.3 is 11.9 Å². The molecule has 3 aliphatic rings. The number of carbonyl (C=O) groups excluding carboxylic acids is 2. The summed E-state index contributed by atoms with van der Waals surface area (Å²) in [7, 11) is 0. The van der Waals surface area contributed by atoms with Gasteiger partial charge in [0.25, 0.3) is 0 Å².